The summed E-state index contributed by atoms with van der Waals surface area (Å²) in [5.74, 6) is 1.31. The van der Waals surface area contributed by atoms with Gasteiger partial charge in [-0.25, -0.2) is 4.98 Å². The fourth-order valence-electron chi connectivity index (χ4n) is 1.33. The van der Waals surface area contributed by atoms with Crippen LogP contribution < -0.4 is 5.32 Å². The fourth-order valence-corrected chi connectivity index (χ4v) is 1.69. The summed E-state index contributed by atoms with van der Waals surface area (Å²) in [7, 11) is 0. The smallest absolute Gasteiger partial charge is 0.242 e. The SMILES string of the molecule is Cc1nnc(NCC2(CCl)CC2)nc1C. The molecule has 2 rings (SSSR count). The monoisotopic (exact) mass is 226 g/mol. The Balaban J connectivity index is 1.96. The van der Waals surface area contributed by atoms with Crippen LogP contribution >= 0.6 is 11.6 Å². The van der Waals surface area contributed by atoms with Gasteiger partial charge in [-0.3, -0.25) is 0 Å². The first-order valence-corrected chi connectivity index (χ1v) is 5.66. The first-order valence-electron chi connectivity index (χ1n) is 5.13. The highest BCUT2D eigenvalue weighted by molar-refractivity contribution is 6.18. The second-order valence-corrected chi connectivity index (χ2v) is 4.56. The molecule has 1 aromatic heterocycles. The molecule has 0 aliphatic heterocycles. The molecule has 5 heteroatoms. The topological polar surface area (TPSA) is 50.7 Å². The predicted molar refractivity (Wildman–Crippen MR) is 60.2 cm³/mol. The van der Waals surface area contributed by atoms with Crippen molar-refractivity contribution in [3.8, 4) is 0 Å². The molecule has 1 N–H and O–H groups in total. The van der Waals surface area contributed by atoms with E-state index >= 15 is 0 Å². The van der Waals surface area contributed by atoms with E-state index in [2.05, 4.69) is 20.5 Å². The number of rotatable bonds is 4. The number of hydrogen-bond acceptors (Lipinski definition) is 4. The lowest BCUT2D eigenvalue weighted by molar-refractivity contribution is 0.614. The first kappa shape index (κ1) is 10.6. The van der Waals surface area contributed by atoms with E-state index in [0.717, 1.165) is 17.9 Å². The molecule has 1 aliphatic carbocycles. The summed E-state index contributed by atoms with van der Waals surface area (Å²) in [5.41, 5.74) is 2.08. The van der Waals surface area contributed by atoms with Crippen LogP contribution in [0.25, 0.3) is 0 Å². The zero-order chi connectivity index (χ0) is 10.9. The Labute approximate surface area is 94.5 Å². The number of nitrogens with one attached hydrogen (secondary N) is 1. The maximum absolute atomic E-state index is 5.88. The zero-order valence-electron chi connectivity index (χ0n) is 9.05. The average molecular weight is 227 g/mol. The van der Waals surface area contributed by atoms with Crippen molar-refractivity contribution in [3.63, 3.8) is 0 Å². The quantitative estimate of drug-likeness (QED) is 0.797. The maximum Gasteiger partial charge on any atom is 0.242 e. The summed E-state index contributed by atoms with van der Waals surface area (Å²) in [6.45, 7) is 4.69. The van der Waals surface area contributed by atoms with Crippen LogP contribution in [-0.4, -0.2) is 27.6 Å². The van der Waals surface area contributed by atoms with Crippen LogP contribution in [-0.2, 0) is 0 Å². The molecule has 0 amide bonds. The van der Waals surface area contributed by atoms with Crippen LogP contribution in [0.4, 0.5) is 5.95 Å². The molecule has 0 unspecified atom stereocenters. The van der Waals surface area contributed by atoms with Gasteiger partial charge in [-0.2, -0.15) is 5.10 Å². The van der Waals surface area contributed by atoms with Gasteiger partial charge in [0.25, 0.3) is 0 Å². The normalized spacial score (nSPS) is 17.5. The summed E-state index contributed by atoms with van der Waals surface area (Å²) in [4.78, 5) is 4.31. The average Bonchev–Trinajstić information content (AvgIpc) is 3.01. The molecule has 0 spiro atoms. The van der Waals surface area contributed by atoms with Crippen molar-refractivity contribution in [2.24, 2.45) is 5.41 Å². The van der Waals surface area contributed by atoms with E-state index in [-0.39, 0.29) is 5.41 Å². The van der Waals surface area contributed by atoms with Crippen molar-refractivity contribution in [2.75, 3.05) is 17.7 Å². The van der Waals surface area contributed by atoms with Gasteiger partial charge >= 0.3 is 0 Å². The van der Waals surface area contributed by atoms with Crippen molar-refractivity contribution in [2.45, 2.75) is 26.7 Å². The predicted octanol–water partition coefficient (Wildman–Crippen LogP) is 1.92. The van der Waals surface area contributed by atoms with E-state index in [1.807, 2.05) is 13.8 Å². The molecular formula is C10H15ClN4. The summed E-state index contributed by atoms with van der Waals surface area (Å²) in [6.07, 6.45) is 2.39. The van der Waals surface area contributed by atoms with E-state index in [1.165, 1.54) is 12.8 Å². The third-order valence-corrected chi connectivity index (χ3v) is 3.52. The molecule has 1 aromatic rings. The molecule has 0 aromatic carbocycles. The molecule has 4 nitrogen and oxygen atoms in total. The van der Waals surface area contributed by atoms with E-state index in [1.54, 1.807) is 0 Å². The lowest BCUT2D eigenvalue weighted by Crippen LogP contribution is -2.18. The van der Waals surface area contributed by atoms with Gasteiger partial charge in [-0.05, 0) is 26.7 Å². The Kier molecular flexibility index (Phi) is 2.78. The van der Waals surface area contributed by atoms with Crippen molar-refractivity contribution in [1.29, 1.82) is 0 Å². The molecule has 0 atom stereocenters. The van der Waals surface area contributed by atoms with Crippen LogP contribution in [0.3, 0.4) is 0 Å². The van der Waals surface area contributed by atoms with Crippen LogP contribution in [0.5, 0.6) is 0 Å². The Morgan fingerprint density at radius 3 is 2.53 bits per heavy atom. The standard InChI is InChI=1S/C10H15ClN4/c1-7-8(2)14-15-9(13-7)12-6-10(5-11)3-4-10/h3-6H2,1-2H3,(H,12,13,15). The number of hydrogen-bond donors (Lipinski definition) is 1. The van der Waals surface area contributed by atoms with E-state index in [0.29, 0.717) is 11.8 Å². The number of halogens is 1. The highest BCUT2D eigenvalue weighted by atomic mass is 35.5. The lowest BCUT2D eigenvalue weighted by Gasteiger charge is -2.12. The molecule has 1 heterocycles. The van der Waals surface area contributed by atoms with E-state index in [4.69, 9.17) is 11.6 Å². The van der Waals surface area contributed by atoms with Gasteiger partial charge in [0.1, 0.15) is 0 Å². The third-order valence-electron chi connectivity index (χ3n) is 2.95. The van der Waals surface area contributed by atoms with Gasteiger partial charge in [0.05, 0.1) is 11.4 Å². The number of nitrogens with zero attached hydrogens (tertiary/aromatic N) is 3. The van der Waals surface area contributed by atoms with Crippen molar-refractivity contribution in [1.82, 2.24) is 15.2 Å². The Morgan fingerprint density at radius 1 is 1.27 bits per heavy atom. The van der Waals surface area contributed by atoms with Crippen LogP contribution in [0.15, 0.2) is 0 Å². The summed E-state index contributed by atoms with van der Waals surface area (Å²) in [5, 5.41) is 11.2. The molecule has 1 aliphatic rings. The molecule has 0 bridgehead atoms. The Hall–Kier alpha value is -0.900. The van der Waals surface area contributed by atoms with Gasteiger partial charge in [0.15, 0.2) is 0 Å². The van der Waals surface area contributed by atoms with Gasteiger partial charge in [-0.1, -0.05) is 0 Å². The van der Waals surface area contributed by atoms with Gasteiger partial charge < -0.3 is 5.32 Å². The van der Waals surface area contributed by atoms with Crippen molar-refractivity contribution >= 4 is 17.5 Å². The third kappa shape index (κ3) is 2.37. The number of aromatic nitrogens is 3. The number of alkyl halides is 1. The van der Waals surface area contributed by atoms with Crippen LogP contribution in [0, 0.1) is 19.3 Å². The lowest BCUT2D eigenvalue weighted by atomic mass is 10.1. The minimum absolute atomic E-state index is 0.281. The summed E-state index contributed by atoms with van der Waals surface area (Å²) in [6, 6.07) is 0. The highest BCUT2D eigenvalue weighted by Gasteiger charge is 2.41. The largest absolute Gasteiger partial charge is 0.352 e. The minimum atomic E-state index is 0.281. The van der Waals surface area contributed by atoms with Crippen LogP contribution in [0.2, 0.25) is 0 Å². The van der Waals surface area contributed by atoms with Crippen molar-refractivity contribution < 1.29 is 0 Å². The Bertz CT molecular complexity index is 362. The van der Waals surface area contributed by atoms with Crippen molar-refractivity contribution in [3.05, 3.63) is 11.4 Å². The maximum atomic E-state index is 5.88. The molecule has 82 valence electrons. The second-order valence-electron chi connectivity index (χ2n) is 4.29. The number of aryl methyl sites for hydroxylation is 2. The fraction of sp³-hybridized carbons (Fsp3) is 0.700. The molecule has 0 radical (unpaired) electrons. The molecule has 1 fully saturated rings. The molecular weight excluding hydrogens is 212 g/mol. The van der Waals surface area contributed by atoms with E-state index in [9.17, 15) is 0 Å². The number of anilines is 1. The van der Waals surface area contributed by atoms with Gasteiger partial charge in [0.2, 0.25) is 5.95 Å². The van der Waals surface area contributed by atoms with Crippen LogP contribution in [0.1, 0.15) is 24.2 Å². The summed E-state index contributed by atoms with van der Waals surface area (Å²) < 4.78 is 0. The highest BCUT2D eigenvalue weighted by Crippen LogP contribution is 2.46. The minimum Gasteiger partial charge on any atom is -0.352 e. The molecule has 1 saturated carbocycles. The van der Waals surface area contributed by atoms with E-state index < -0.39 is 0 Å². The first-order chi connectivity index (χ1) is 7.15. The summed E-state index contributed by atoms with van der Waals surface area (Å²) >= 11 is 5.88. The van der Waals surface area contributed by atoms with Gasteiger partial charge in [0, 0.05) is 17.8 Å². The molecule has 15 heavy (non-hydrogen) atoms. The Morgan fingerprint density at radius 2 is 2.00 bits per heavy atom. The van der Waals surface area contributed by atoms with Gasteiger partial charge in [-0.15, -0.1) is 16.7 Å². The molecule has 0 saturated heterocycles. The zero-order valence-corrected chi connectivity index (χ0v) is 9.80. The second kappa shape index (κ2) is 3.93.